The van der Waals surface area contributed by atoms with Crippen LogP contribution in [0.25, 0.3) is 11.5 Å². The molecule has 1 atom stereocenters. The van der Waals surface area contributed by atoms with Crippen molar-refractivity contribution in [3.05, 3.63) is 24.2 Å². The van der Waals surface area contributed by atoms with Gasteiger partial charge in [0.15, 0.2) is 0 Å². The summed E-state index contributed by atoms with van der Waals surface area (Å²) >= 11 is 0. The molecular formula is C10H12N4O2. The van der Waals surface area contributed by atoms with Crippen molar-refractivity contribution in [1.29, 1.82) is 0 Å². The lowest BCUT2D eigenvalue weighted by atomic mass is 10.2. The molecule has 2 rings (SSSR count). The SMILES string of the molecule is COC(C)c1noc(-c2ccnc(N)c2)n1. The van der Waals surface area contributed by atoms with Gasteiger partial charge in [0.1, 0.15) is 11.9 Å². The number of hydrogen-bond acceptors (Lipinski definition) is 6. The Labute approximate surface area is 92.4 Å². The maximum atomic E-state index is 5.56. The average Bonchev–Trinajstić information content (AvgIpc) is 2.77. The Bertz CT molecular complexity index is 483. The predicted molar refractivity (Wildman–Crippen MR) is 57.4 cm³/mol. The van der Waals surface area contributed by atoms with E-state index in [4.69, 9.17) is 15.0 Å². The summed E-state index contributed by atoms with van der Waals surface area (Å²) in [4.78, 5) is 8.09. The van der Waals surface area contributed by atoms with Crippen molar-refractivity contribution in [2.75, 3.05) is 12.8 Å². The van der Waals surface area contributed by atoms with Crippen molar-refractivity contribution in [1.82, 2.24) is 15.1 Å². The molecule has 0 fully saturated rings. The summed E-state index contributed by atoms with van der Waals surface area (Å²) < 4.78 is 10.2. The minimum atomic E-state index is -0.198. The molecule has 0 aliphatic rings. The van der Waals surface area contributed by atoms with E-state index >= 15 is 0 Å². The topological polar surface area (TPSA) is 87.1 Å². The van der Waals surface area contributed by atoms with Gasteiger partial charge in [0.2, 0.25) is 5.82 Å². The van der Waals surface area contributed by atoms with Crippen LogP contribution in [0.2, 0.25) is 0 Å². The van der Waals surface area contributed by atoms with E-state index in [-0.39, 0.29) is 6.10 Å². The summed E-state index contributed by atoms with van der Waals surface area (Å²) in [6, 6.07) is 3.43. The highest BCUT2D eigenvalue weighted by Gasteiger charge is 2.14. The van der Waals surface area contributed by atoms with Gasteiger partial charge < -0.3 is 15.0 Å². The van der Waals surface area contributed by atoms with E-state index in [0.29, 0.717) is 17.5 Å². The minimum Gasteiger partial charge on any atom is -0.384 e. The van der Waals surface area contributed by atoms with Crippen molar-refractivity contribution in [2.45, 2.75) is 13.0 Å². The molecule has 2 N–H and O–H groups in total. The number of hydrogen-bond donors (Lipinski definition) is 1. The van der Waals surface area contributed by atoms with E-state index < -0.39 is 0 Å². The van der Waals surface area contributed by atoms with Crippen LogP contribution in [0.3, 0.4) is 0 Å². The largest absolute Gasteiger partial charge is 0.384 e. The molecule has 0 saturated carbocycles. The zero-order valence-corrected chi connectivity index (χ0v) is 9.04. The number of aromatic nitrogens is 3. The van der Waals surface area contributed by atoms with Crippen LogP contribution in [0, 0.1) is 0 Å². The summed E-state index contributed by atoms with van der Waals surface area (Å²) in [6.07, 6.45) is 1.39. The highest BCUT2D eigenvalue weighted by Crippen LogP contribution is 2.20. The molecule has 0 aliphatic heterocycles. The van der Waals surface area contributed by atoms with Gasteiger partial charge in [0.25, 0.3) is 5.89 Å². The van der Waals surface area contributed by atoms with Crippen LogP contribution >= 0.6 is 0 Å². The zero-order chi connectivity index (χ0) is 11.5. The highest BCUT2D eigenvalue weighted by atomic mass is 16.5. The van der Waals surface area contributed by atoms with Crippen LogP contribution < -0.4 is 5.73 Å². The Morgan fingerprint density at radius 1 is 1.50 bits per heavy atom. The molecular weight excluding hydrogens is 208 g/mol. The Kier molecular flexibility index (Phi) is 2.82. The number of nitrogen functional groups attached to an aromatic ring is 1. The van der Waals surface area contributed by atoms with Crippen molar-refractivity contribution >= 4 is 5.82 Å². The lowest BCUT2D eigenvalue weighted by Crippen LogP contribution is -1.97. The van der Waals surface area contributed by atoms with E-state index in [1.165, 1.54) is 0 Å². The molecule has 0 aliphatic carbocycles. The van der Waals surface area contributed by atoms with E-state index in [0.717, 1.165) is 5.56 Å². The standard InChI is InChI=1S/C10H12N4O2/c1-6(15-2)9-13-10(16-14-9)7-3-4-12-8(11)5-7/h3-6H,1-2H3,(H2,11,12). The molecule has 16 heavy (non-hydrogen) atoms. The van der Waals surface area contributed by atoms with Crippen LogP contribution in [0.5, 0.6) is 0 Å². The van der Waals surface area contributed by atoms with E-state index in [1.54, 1.807) is 25.4 Å². The van der Waals surface area contributed by atoms with Gasteiger partial charge in [-0.1, -0.05) is 5.16 Å². The second-order valence-electron chi connectivity index (χ2n) is 3.31. The Hall–Kier alpha value is -1.95. The zero-order valence-electron chi connectivity index (χ0n) is 9.04. The first-order valence-corrected chi connectivity index (χ1v) is 4.79. The maximum Gasteiger partial charge on any atom is 0.258 e. The van der Waals surface area contributed by atoms with Crippen LogP contribution in [-0.2, 0) is 4.74 Å². The van der Waals surface area contributed by atoms with Gasteiger partial charge in [-0.2, -0.15) is 4.98 Å². The van der Waals surface area contributed by atoms with Crippen LogP contribution in [-0.4, -0.2) is 22.2 Å². The van der Waals surface area contributed by atoms with Crippen LogP contribution in [0.15, 0.2) is 22.9 Å². The third-order valence-electron chi connectivity index (χ3n) is 2.19. The van der Waals surface area contributed by atoms with Crippen molar-refractivity contribution in [3.8, 4) is 11.5 Å². The number of rotatable bonds is 3. The Morgan fingerprint density at radius 3 is 3.00 bits per heavy atom. The number of anilines is 1. The first kappa shape index (κ1) is 10.6. The fourth-order valence-corrected chi connectivity index (χ4v) is 1.20. The molecule has 0 saturated heterocycles. The molecule has 84 valence electrons. The second-order valence-corrected chi connectivity index (χ2v) is 3.31. The highest BCUT2D eigenvalue weighted by molar-refractivity contribution is 5.56. The summed E-state index contributed by atoms with van der Waals surface area (Å²) in [5, 5.41) is 3.82. The third kappa shape index (κ3) is 2.01. The van der Waals surface area contributed by atoms with E-state index in [2.05, 4.69) is 15.1 Å². The van der Waals surface area contributed by atoms with Gasteiger partial charge >= 0.3 is 0 Å². The molecule has 0 radical (unpaired) electrons. The fourth-order valence-electron chi connectivity index (χ4n) is 1.20. The molecule has 6 heteroatoms. The fraction of sp³-hybridized carbons (Fsp3) is 0.300. The quantitative estimate of drug-likeness (QED) is 0.841. The van der Waals surface area contributed by atoms with Crippen LogP contribution in [0.4, 0.5) is 5.82 Å². The first-order chi connectivity index (χ1) is 7.70. The number of nitrogens with zero attached hydrogens (tertiary/aromatic N) is 3. The van der Waals surface area contributed by atoms with Gasteiger partial charge in [-0.15, -0.1) is 0 Å². The third-order valence-corrected chi connectivity index (χ3v) is 2.19. The normalized spacial score (nSPS) is 12.6. The summed E-state index contributed by atoms with van der Waals surface area (Å²) in [5.41, 5.74) is 6.31. The number of nitrogens with two attached hydrogens (primary N) is 1. The van der Waals surface area contributed by atoms with Gasteiger partial charge in [0, 0.05) is 18.9 Å². The molecule has 0 spiro atoms. The minimum absolute atomic E-state index is 0.198. The summed E-state index contributed by atoms with van der Waals surface area (Å²) in [5.74, 6) is 1.33. The van der Waals surface area contributed by atoms with Gasteiger partial charge in [-0.3, -0.25) is 0 Å². The van der Waals surface area contributed by atoms with E-state index in [9.17, 15) is 0 Å². The Balaban J connectivity index is 2.31. The van der Waals surface area contributed by atoms with Gasteiger partial charge in [-0.25, -0.2) is 4.98 Å². The summed E-state index contributed by atoms with van der Waals surface area (Å²) in [6.45, 7) is 1.84. The van der Waals surface area contributed by atoms with Crippen molar-refractivity contribution in [3.63, 3.8) is 0 Å². The Morgan fingerprint density at radius 2 is 2.31 bits per heavy atom. The number of ether oxygens (including phenoxy) is 1. The molecule has 2 heterocycles. The maximum absolute atomic E-state index is 5.56. The lowest BCUT2D eigenvalue weighted by Gasteiger charge is -2.00. The molecule has 6 nitrogen and oxygen atoms in total. The van der Waals surface area contributed by atoms with Crippen LogP contribution in [0.1, 0.15) is 18.9 Å². The number of pyridine rings is 1. The molecule has 2 aromatic heterocycles. The van der Waals surface area contributed by atoms with Crippen molar-refractivity contribution < 1.29 is 9.26 Å². The molecule has 1 unspecified atom stereocenters. The monoisotopic (exact) mass is 220 g/mol. The van der Waals surface area contributed by atoms with Crippen molar-refractivity contribution in [2.24, 2.45) is 0 Å². The predicted octanol–water partition coefficient (Wildman–Crippen LogP) is 1.42. The molecule has 2 aromatic rings. The van der Waals surface area contributed by atoms with Gasteiger partial charge in [-0.05, 0) is 19.1 Å². The van der Waals surface area contributed by atoms with Gasteiger partial charge in [0.05, 0.1) is 0 Å². The molecule has 0 aromatic carbocycles. The lowest BCUT2D eigenvalue weighted by molar-refractivity contribution is 0.109. The average molecular weight is 220 g/mol. The van der Waals surface area contributed by atoms with E-state index in [1.807, 2.05) is 6.92 Å². The first-order valence-electron chi connectivity index (χ1n) is 4.79. The smallest absolute Gasteiger partial charge is 0.258 e. The molecule has 0 amide bonds. The second kappa shape index (κ2) is 4.28. The molecule has 0 bridgehead atoms. The summed E-state index contributed by atoms with van der Waals surface area (Å²) in [7, 11) is 1.59. The number of methoxy groups -OCH3 is 1.